The van der Waals surface area contributed by atoms with Gasteiger partial charge in [0.05, 0.1) is 13.0 Å². The van der Waals surface area contributed by atoms with E-state index in [1.54, 1.807) is 0 Å². The average molecular weight is 235 g/mol. The minimum Gasteiger partial charge on any atom is -0.466 e. The van der Waals surface area contributed by atoms with Crippen LogP contribution in [0.25, 0.3) is 0 Å². The fourth-order valence-corrected chi connectivity index (χ4v) is 1.66. The van der Waals surface area contributed by atoms with Gasteiger partial charge in [-0.25, -0.2) is 0 Å². The average Bonchev–Trinajstić information content (AvgIpc) is 2.27. The number of esters is 1. The SMILES string of the molecule is CCOC(=O)CC(C)NCc1cccc(C)c1. The summed E-state index contributed by atoms with van der Waals surface area (Å²) in [5.41, 5.74) is 2.49. The van der Waals surface area contributed by atoms with Crippen molar-refractivity contribution >= 4 is 5.97 Å². The van der Waals surface area contributed by atoms with Crippen molar-refractivity contribution < 1.29 is 9.53 Å². The van der Waals surface area contributed by atoms with Gasteiger partial charge in [-0.05, 0) is 26.3 Å². The third-order valence-electron chi connectivity index (χ3n) is 2.52. The number of aryl methyl sites for hydroxylation is 1. The molecule has 1 unspecified atom stereocenters. The standard InChI is InChI=1S/C14H21NO2/c1-4-17-14(16)9-12(3)15-10-13-7-5-6-11(2)8-13/h5-8,12,15H,4,9-10H2,1-3H3. The molecule has 1 aromatic rings. The van der Waals surface area contributed by atoms with Crippen LogP contribution in [0.4, 0.5) is 0 Å². The quantitative estimate of drug-likeness (QED) is 0.770. The molecule has 1 aromatic carbocycles. The summed E-state index contributed by atoms with van der Waals surface area (Å²) in [4.78, 5) is 11.3. The van der Waals surface area contributed by atoms with Gasteiger partial charge in [0, 0.05) is 12.6 Å². The lowest BCUT2D eigenvalue weighted by Gasteiger charge is -2.13. The molecule has 0 saturated heterocycles. The van der Waals surface area contributed by atoms with Crippen LogP contribution in [0, 0.1) is 6.92 Å². The van der Waals surface area contributed by atoms with E-state index in [9.17, 15) is 4.79 Å². The molecule has 0 heterocycles. The zero-order valence-electron chi connectivity index (χ0n) is 10.8. The number of hydrogen-bond acceptors (Lipinski definition) is 3. The zero-order valence-corrected chi connectivity index (χ0v) is 10.8. The smallest absolute Gasteiger partial charge is 0.307 e. The number of carbonyl (C=O) groups excluding carboxylic acids is 1. The van der Waals surface area contributed by atoms with Crippen LogP contribution in [0.15, 0.2) is 24.3 Å². The van der Waals surface area contributed by atoms with Crippen LogP contribution >= 0.6 is 0 Å². The van der Waals surface area contributed by atoms with Gasteiger partial charge in [-0.1, -0.05) is 29.8 Å². The maximum absolute atomic E-state index is 11.3. The van der Waals surface area contributed by atoms with Gasteiger partial charge in [0.1, 0.15) is 0 Å². The predicted molar refractivity (Wildman–Crippen MR) is 68.7 cm³/mol. The van der Waals surface area contributed by atoms with Crippen LogP contribution in [0.3, 0.4) is 0 Å². The summed E-state index contributed by atoms with van der Waals surface area (Å²) in [6.07, 6.45) is 0.416. The molecular formula is C14H21NO2. The van der Waals surface area contributed by atoms with Crippen molar-refractivity contribution in [2.45, 2.75) is 39.8 Å². The van der Waals surface area contributed by atoms with Crippen molar-refractivity contribution in [1.29, 1.82) is 0 Å². The molecule has 94 valence electrons. The summed E-state index contributed by atoms with van der Waals surface area (Å²) in [6, 6.07) is 8.48. The maximum atomic E-state index is 11.3. The van der Waals surface area contributed by atoms with Crippen LogP contribution < -0.4 is 5.32 Å². The van der Waals surface area contributed by atoms with Crippen LogP contribution in [-0.2, 0) is 16.1 Å². The maximum Gasteiger partial charge on any atom is 0.307 e. The van der Waals surface area contributed by atoms with Gasteiger partial charge in [0.15, 0.2) is 0 Å². The van der Waals surface area contributed by atoms with Gasteiger partial charge in [0.2, 0.25) is 0 Å². The van der Waals surface area contributed by atoms with E-state index in [0.29, 0.717) is 13.0 Å². The van der Waals surface area contributed by atoms with Crippen LogP contribution in [0.2, 0.25) is 0 Å². The topological polar surface area (TPSA) is 38.3 Å². The van der Waals surface area contributed by atoms with E-state index in [2.05, 4.69) is 30.4 Å². The molecule has 0 aliphatic carbocycles. The van der Waals surface area contributed by atoms with E-state index in [1.165, 1.54) is 11.1 Å². The molecule has 0 aliphatic heterocycles. The third kappa shape index (κ3) is 5.50. The minimum absolute atomic E-state index is 0.134. The second-order valence-corrected chi connectivity index (χ2v) is 4.28. The van der Waals surface area contributed by atoms with Gasteiger partial charge in [-0.2, -0.15) is 0 Å². The Hall–Kier alpha value is -1.35. The summed E-state index contributed by atoms with van der Waals surface area (Å²) in [5.74, 6) is -0.142. The van der Waals surface area contributed by atoms with E-state index < -0.39 is 0 Å². The molecule has 1 rings (SSSR count). The Morgan fingerprint density at radius 1 is 1.47 bits per heavy atom. The molecule has 17 heavy (non-hydrogen) atoms. The van der Waals surface area contributed by atoms with Crippen molar-refractivity contribution in [3.05, 3.63) is 35.4 Å². The molecule has 0 radical (unpaired) electrons. The molecule has 0 spiro atoms. The number of nitrogens with one attached hydrogen (secondary N) is 1. The Morgan fingerprint density at radius 2 is 2.24 bits per heavy atom. The Bertz CT molecular complexity index is 363. The Morgan fingerprint density at radius 3 is 2.88 bits per heavy atom. The molecule has 0 amide bonds. The molecule has 3 heteroatoms. The van der Waals surface area contributed by atoms with Gasteiger partial charge < -0.3 is 10.1 Å². The lowest BCUT2D eigenvalue weighted by atomic mass is 10.1. The minimum atomic E-state index is -0.142. The highest BCUT2D eigenvalue weighted by atomic mass is 16.5. The zero-order chi connectivity index (χ0) is 12.7. The summed E-state index contributed by atoms with van der Waals surface area (Å²) >= 11 is 0. The Kier molecular flexibility index (Phi) is 5.70. The van der Waals surface area contributed by atoms with Gasteiger partial charge in [-0.15, -0.1) is 0 Å². The first-order valence-corrected chi connectivity index (χ1v) is 6.06. The second kappa shape index (κ2) is 7.07. The molecule has 0 saturated carbocycles. The number of carbonyl (C=O) groups is 1. The second-order valence-electron chi connectivity index (χ2n) is 4.28. The van der Waals surface area contributed by atoms with Crippen molar-refractivity contribution in [2.75, 3.05) is 6.61 Å². The van der Waals surface area contributed by atoms with Crippen LogP contribution in [-0.4, -0.2) is 18.6 Å². The van der Waals surface area contributed by atoms with E-state index >= 15 is 0 Å². The highest BCUT2D eigenvalue weighted by Crippen LogP contribution is 2.04. The fraction of sp³-hybridized carbons (Fsp3) is 0.500. The molecule has 1 atom stereocenters. The number of rotatable bonds is 6. The number of benzene rings is 1. The highest BCUT2D eigenvalue weighted by molar-refractivity contribution is 5.69. The van der Waals surface area contributed by atoms with Crippen molar-refractivity contribution in [2.24, 2.45) is 0 Å². The Balaban J connectivity index is 2.33. The molecule has 3 nitrogen and oxygen atoms in total. The van der Waals surface area contributed by atoms with E-state index in [0.717, 1.165) is 6.54 Å². The third-order valence-corrected chi connectivity index (χ3v) is 2.52. The van der Waals surface area contributed by atoms with Crippen molar-refractivity contribution in [3.63, 3.8) is 0 Å². The number of hydrogen-bond donors (Lipinski definition) is 1. The lowest BCUT2D eigenvalue weighted by Crippen LogP contribution is -2.28. The van der Waals surface area contributed by atoms with E-state index in [-0.39, 0.29) is 12.0 Å². The summed E-state index contributed by atoms with van der Waals surface area (Å²) in [5, 5.41) is 3.31. The van der Waals surface area contributed by atoms with E-state index in [4.69, 9.17) is 4.74 Å². The number of ether oxygens (including phenoxy) is 1. The monoisotopic (exact) mass is 235 g/mol. The highest BCUT2D eigenvalue weighted by Gasteiger charge is 2.08. The van der Waals surface area contributed by atoms with Gasteiger partial charge >= 0.3 is 5.97 Å². The first-order valence-electron chi connectivity index (χ1n) is 6.06. The summed E-state index contributed by atoms with van der Waals surface area (Å²) < 4.78 is 4.90. The van der Waals surface area contributed by atoms with Gasteiger partial charge in [-0.3, -0.25) is 4.79 Å². The summed E-state index contributed by atoms with van der Waals surface area (Å²) in [7, 11) is 0. The van der Waals surface area contributed by atoms with Gasteiger partial charge in [0.25, 0.3) is 0 Å². The van der Waals surface area contributed by atoms with Crippen molar-refractivity contribution in [3.8, 4) is 0 Å². The normalized spacial score (nSPS) is 12.2. The molecular weight excluding hydrogens is 214 g/mol. The van der Waals surface area contributed by atoms with E-state index in [1.807, 2.05) is 19.9 Å². The fourth-order valence-electron chi connectivity index (χ4n) is 1.66. The molecule has 0 aliphatic rings. The lowest BCUT2D eigenvalue weighted by molar-refractivity contribution is -0.143. The molecule has 0 aromatic heterocycles. The molecule has 0 bridgehead atoms. The summed E-state index contributed by atoms with van der Waals surface area (Å²) in [6.45, 7) is 7.12. The molecule has 0 fully saturated rings. The van der Waals surface area contributed by atoms with Crippen LogP contribution in [0.1, 0.15) is 31.4 Å². The first-order chi connectivity index (χ1) is 8.11. The van der Waals surface area contributed by atoms with Crippen molar-refractivity contribution in [1.82, 2.24) is 5.32 Å². The Labute approximate surface area is 103 Å². The first kappa shape index (κ1) is 13.7. The molecule has 1 N–H and O–H groups in total. The largest absolute Gasteiger partial charge is 0.466 e. The predicted octanol–water partition coefficient (Wildman–Crippen LogP) is 2.43. The van der Waals surface area contributed by atoms with Crippen LogP contribution in [0.5, 0.6) is 0 Å².